The van der Waals surface area contributed by atoms with Gasteiger partial charge in [-0.05, 0) is 36.9 Å². The van der Waals surface area contributed by atoms with E-state index in [9.17, 15) is 0 Å². The number of nitrogens with zero attached hydrogens (tertiary/aromatic N) is 1. The van der Waals surface area contributed by atoms with Gasteiger partial charge in [0, 0.05) is 16.7 Å². The lowest BCUT2D eigenvalue weighted by molar-refractivity contribution is 0.295. The number of rotatable bonds is 4. The standard InChI is InChI=1S/C11H17BrN2/c1-3-14(4-2)8-9-7-10(13)5-6-11(9)12/h5-7H,3-4,8,13H2,1-2H3. The summed E-state index contributed by atoms with van der Waals surface area (Å²) in [6, 6.07) is 5.95. The summed E-state index contributed by atoms with van der Waals surface area (Å²) in [6.45, 7) is 7.43. The van der Waals surface area contributed by atoms with Gasteiger partial charge in [-0.25, -0.2) is 0 Å². The predicted molar refractivity (Wildman–Crippen MR) is 65.2 cm³/mol. The molecule has 1 aromatic carbocycles. The minimum absolute atomic E-state index is 0.829. The van der Waals surface area contributed by atoms with E-state index in [2.05, 4.69) is 34.7 Å². The van der Waals surface area contributed by atoms with Crippen LogP contribution in [0.25, 0.3) is 0 Å². The highest BCUT2D eigenvalue weighted by Crippen LogP contribution is 2.20. The molecule has 0 fully saturated rings. The number of halogens is 1. The van der Waals surface area contributed by atoms with Crippen molar-refractivity contribution < 1.29 is 0 Å². The molecule has 0 spiro atoms. The van der Waals surface area contributed by atoms with E-state index < -0.39 is 0 Å². The topological polar surface area (TPSA) is 29.3 Å². The first-order valence-corrected chi connectivity index (χ1v) is 5.73. The van der Waals surface area contributed by atoms with E-state index in [1.54, 1.807) is 0 Å². The van der Waals surface area contributed by atoms with Crippen LogP contribution < -0.4 is 5.73 Å². The Morgan fingerprint density at radius 3 is 2.50 bits per heavy atom. The second-order valence-electron chi connectivity index (χ2n) is 3.31. The zero-order valence-electron chi connectivity index (χ0n) is 8.76. The molecule has 0 aliphatic rings. The first-order valence-electron chi connectivity index (χ1n) is 4.93. The molecule has 0 radical (unpaired) electrons. The van der Waals surface area contributed by atoms with Gasteiger partial charge >= 0.3 is 0 Å². The lowest BCUT2D eigenvalue weighted by atomic mass is 10.2. The fourth-order valence-electron chi connectivity index (χ4n) is 1.40. The number of nitrogens with two attached hydrogens (primary N) is 1. The van der Waals surface area contributed by atoms with Gasteiger partial charge in [0.1, 0.15) is 0 Å². The van der Waals surface area contributed by atoms with Crippen molar-refractivity contribution in [3.05, 3.63) is 28.2 Å². The van der Waals surface area contributed by atoms with Crippen LogP contribution in [0, 0.1) is 0 Å². The Labute approximate surface area is 94.2 Å². The van der Waals surface area contributed by atoms with Gasteiger partial charge in [-0.15, -0.1) is 0 Å². The molecule has 0 saturated carbocycles. The molecule has 14 heavy (non-hydrogen) atoms. The molecule has 0 aliphatic carbocycles. The van der Waals surface area contributed by atoms with E-state index in [4.69, 9.17) is 5.73 Å². The quantitative estimate of drug-likeness (QED) is 0.840. The van der Waals surface area contributed by atoms with Gasteiger partial charge in [0.15, 0.2) is 0 Å². The molecule has 0 amide bonds. The van der Waals surface area contributed by atoms with Crippen LogP contribution in [0.1, 0.15) is 19.4 Å². The number of anilines is 1. The molecule has 0 unspecified atom stereocenters. The normalized spacial score (nSPS) is 10.9. The summed E-state index contributed by atoms with van der Waals surface area (Å²) in [4.78, 5) is 2.36. The van der Waals surface area contributed by atoms with Crippen molar-refractivity contribution >= 4 is 21.6 Å². The van der Waals surface area contributed by atoms with Crippen LogP contribution in [-0.2, 0) is 6.54 Å². The average molecular weight is 257 g/mol. The monoisotopic (exact) mass is 256 g/mol. The first kappa shape index (κ1) is 11.5. The van der Waals surface area contributed by atoms with E-state index in [0.29, 0.717) is 0 Å². The molecule has 0 bridgehead atoms. The third-order valence-electron chi connectivity index (χ3n) is 2.36. The van der Waals surface area contributed by atoms with Gasteiger partial charge in [0.25, 0.3) is 0 Å². The van der Waals surface area contributed by atoms with Gasteiger partial charge in [0.05, 0.1) is 0 Å². The smallest absolute Gasteiger partial charge is 0.0318 e. The summed E-state index contributed by atoms with van der Waals surface area (Å²) in [5.41, 5.74) is 7.83. The summed E-state index contributed by atoms with van der Waals surface area (Å²) in [7, 11) is 0. The highest BCUT2D eigenvalue weighted by Gasteiger charge is 2.04. The van der Waals surface area contributed by atoms with Gasteiger partial charge in [-0.3, -0.25) is 4.90 Å². The Kier molecular flexibility index (Phi) is 4.42. The van der Waals surface area contributed by atoms with Crippen LogP contribution >= 0.6 is 15.9 Å². The summed E-state index contributed by atoms with van der Waals surface area (Å²) < 4.78 is 1.14. The largest absolute Gasteiger partial charge is 0.399 e. The lowest BCUT2D eigenvalue weighted by Crippen LogP contribution is -2.22. The fraction of sp³-hybridized carbons (Fsp3) is 0.455. The Morgan fingerprint density at radius 2 is 1.93 bits per heavy atom. The SMILES string of the molecule is CCN(CC)Cc1cc(N)ccc1Br. The predicted octanol–water partition coefficient (Wildman–Crippen LogP) is 2.87. The van der Waals surface area contributed by atoms with Crippen LogP contribution in [0.3, 0.4) is 0 Å². The van der Waals surface area contributed by atoms with Crippen LogP contribution in [-0.4, -0.2) is 18.0 Å². The van der Waals surface area contributed by atoms with Crippen molar-refractivity contribution in [2.75, 3.05) is 18.8 Å². The Balaban J connectivity index is 2.79. The molecule has 0 atom stereocenters. The molecule has 0 heterocycles. The van der Waals surface area contributed by atoms with Crippen LogP contribution in [0.15, 0.2) is 22.7 Å². The third-order valence-corrected chi connectivity index (χ3v) is 3.13. The number of nitrogen functional groups attached to an aromatic ring is 1. The summed E-state index contributed by atoms with van der Waals surface area (Å²) in [6.07, 6.45) is 0. The molecular weight excluding hydrogens is 240 g/mol. The Hall–Kier alpha value is -0.540. The molecule has 3 heteroatoms. The van der Waals surface area contributed by atoms with E-state index in [1.165, 1.54) is 5.56 Å². The van der Waals surface area contributed by atoms with E-state index in [1.807, 2.05) is 18.2 Å². The Bertz CT molecular complexity index is 295. The van der Waals surface area contributed by atoms with Gasteiger partial charge in [-0.1, -0.05) is 29.8 Å². The summed E-state index contributed by atoms with van der Waals surface area (Å²) in [5, 5.41) is 0. The van der Waals surface area contributed by atoms with Crippen LogP contribution in [0.2, 0.25) is 0 Å². The first-order chi connectivity index (χ1) is 6.67. The molecule has 1 aromatic rings. The molecule has 0 aromatic heterocycles. The molecule has 2 nitrogen and oxygen atoms in total. The van der Waals surface area contributed by atoms with Crippen molar-refractivity contribution in [2.45, 2.75) is 20.4 Å². The fourth-order valence-corrected chi connectivity index (χ4v) is 1.78. The average Bonchev–Trinajstić information content (AvgIpc) is 2.19. The molecule has 2 N–H and O–H groups in total. The van der Waals surface area contributed by atoms with Crippen molar-refractivity contribution in [3.8, 4) is 0 Å². The van der Waals surface area contributed by atoms with Gasteiger partial charge in [-0.2, -0.15) is 0 Å². The maximum Gasteiger partial charge on any atom is 0.0318 e. The molecule has 0 aliphatic heterocycles. The molecular formula is C11H17BrN2. The van der Waals surface area contributed by atoms with Crippen molar-refractivity contribution in [1.82, 2.24) is 4.90 Å². The third kappa shape index (κ3) is 3.00. The Morgan fingerprint density at radius 1 is 1.29 bits per heavy atom. The number of hydrogen-bond acceptors (Lipinski definition) is 2. The van der Waals surface area contributed by atoms with E-state index >= 15 is 0 Å². The van der Waals surface area contributed by atoms with E-state index in [-0.39, 0.29) is 0 Å². The molecule has 1 rings (SSSR count). The lowest BCUT2D eigenvalue weighted by Gasteiger charge is -2.19. The van der Waals surface area contributed by atoms with Crippen molar-refractivity contribution in [2.24, 2.45) is 0 Å². The second-order valence-corrected chi connectivity index (χ2v) is 4.17. The minimum atomic E-state index is 0.829. The second kappa shape index (κ2) is 5.37. The zero-order chi connectivity index (χ0) is 10.6. The zero-order valence-corrected chi connectivity index (χ0v) is 10.3. The summed E-state index contributed by atoms with van der Waals surface area (Å²) >= 11 is 3.54. The maximum atomic E-state index is 5.75. The van der Waals surface area contributed by atoms with E-state index in [0.717, 1.165) is 29.8 Å². The number of benzene rings is 1. The molecule has 0 saturated heterocycles. The maximum absolute atomic E-state index is 5.75. The van der Waals surface area contributed by atoms with Crippen LogP contribution in [0.5, 0.6) is 0 Å². The number of hydrogen-bond donors (Lipinski definition) is 1. The van der Waals surface area contributed by atoms with Gasteiger partial charge in [0.2, 0.25) is 0 Å². The highest BCUT2D eigenvalue weighted by molar-refractivity contribution is 9.10. The van der Waals surface area contributed by atoms with Crippen LogP contribution in [0.4, 0.5) is 5.69 Å². The van der Waals surface area contributed by atoms with Crippen molar-refractivity contribution in [3.63, 3.8) is 0 Å². The van der Waals surface area contributed by atoms with Gasteiger partial charge < -0.3 is 5.73 Å². The summed E-state index contributed by atoms with van der Waals surface area (Å²) in [5.74, 6) is 0. The molecule has 78 valence electrons. The van der Waals surface area contributed by atoms with Crippen molar-refractivity contribution in [1.29, 1.82) is 0 Å². The minimum Gasteiger partial charge on any atom is -0.399 e. The highest BCUT2D eigenvalue weighted by atomic mass is 79.9.